The molecule has 2 aromatic heterocycles. The second kappa shape index (κ2) is 6.51. The van der Waals surface area contributed by atoms with E-state index in [-0.39, 0.29) is 11.3 Å². The average molecular weight is 377 g/mol. The van der Waals surface area contributed by atoms with Gasteiger partial charge in [0.1, 0.15) is 11.3 Å². The van der Waals surface area contributed by atoms with Crippen LogP contribution in [0.2, 0.25) is 0 Å². The Labute approximate surface area is 140 Å². The molecule has 3 N–H and O–H groups in total. The molecule has 0 aliphatic rings. The van der Waals surface area contributed by atoms with Gasteiger partial charge in [-0.25, -0.2) is 5.43 Å². The van der Waals surface area contributed by atoms with E-state index < -0.39 is 39.0 Å². The van der Waals surface area contributed by atoms with Crippen molar-refractivity contribution in [3.05, 3.63) is 43.0 Å². The van der Waals surface area contributed by atoms with Gasteiger partial charge in [-0.3, -0.25) is 24.0 Å². The van der Waals surface area contributed by atoms with Gasteiger partial charge in [-0.2, -0.15) is 23.4 Å². The van der Waals surface area contributed by atoms with Crippen molar-refractivity contribution in [1.29, 1.82) is 0 Å². The lowest BCUT2D eigenvalue weighted by molar-refractivity contribution is -0.143. The van der Waals surface area contributed by atoms with Gasteiger partial charge in [-0.05, 0) is 18.3 Å². The van der Waals surface area contributed by atoms with Crippen LogP contribution < -0.4 is 15.9 Å². The molecule has 0 saturated carbocycles. The van der Waals surface area contributed by atoms with Crippen molar-refractivity contribution in [2.24, 2.45) is 12.1 Å². The highest BCUT2D eigenvalue weighted by molar-refractivity contribution is 7.11. The van der Waals surface area contributed by atoms with Crippen LogP contribution in [0.25, 0.3) is 0 Å². The Bertz CT molecular complexity index is 972. The van der Waals surface area contributed by atoms with Gasteiger partial charge in [-0.1, -0.05) is 0 Å². The molecule has 134 valence electrons. The SMILES string of the molecule is C/C(=N/NC(=O)c1cc(C(F)(F)F)n(C)n1)c1c(O)sc(=O)[nH]c1=O. The first-order valence-electron chi connectivity index (χ1n) is 6.43. The van der Waals surface area contributed by atoms with Gasteiger partial charge in [-0.15, -0.1) is 0 Å². The summed E-state index contributed by atoms with van der Waals surface area (Å²) in [4.78, 5) is 35.7. The maximum Gasteiger partial charge on any atom is 0.433 e. The number of aromatic nitrogens is 3. The zero-order valence-electron chi connectivity index (χ0n) is 12.6. The van der Waals surface area contributed by atoms with Crippen LogP contribution in [0.3, 0.4) is 0 Å². The van der Waals surface area contributed by atoms with E-state index in [1.54, 1.807) is 0 Å². The first kappa shape index (κ1) is 18.4. The first-order chi connectivity index (χ1) is 11.5. The molecule has 13 heteroatoms. The van der Waals surface area contributed by atoms with Gasteiger partial charge in [0, 0.05) is 13.1 Å². The number of hydrogen-bond acceptors (Lipinski definition) is 7. The predicted molar refractivity (Wildman–Crippen MR) is 80.8 cm³/mol. The van der Waals surface area contributed by atoms with E-state index >= 15 is 0 Å². The molecule has 0 spiro atoms. The van der Waals surface area contributed by atoms with E-state index in [1.807, 2.05) is 10.4 Å². The fraction of sp³-hybridized carbons (Fsp3) is 0.250. The van der Waals surface area contributed by atoms with Crippen LogP contribution in [0.4, 0.5) is 13.2 Å². The Morgan fingerprint density at radius 1 is 1.44 bits per heavy atom. The highest BCUT2D eigenvalue weighted by atomic mass is 32.1. The van der Waals surface area contributed by atoms with Crippen molar-refractivity contribution in [2.45, 2.75) is 13.1 Å². The third-order valence-electron chi connectivity index (χ3n) is 2.94. The number of carbonyl (C=O) groups excluding carboxylic acids is 1. The number of aryl methyl sites for hydroxylation is 1. The van der Waals surface area contributed by atoms with Crippen LogP contribution in [0.15, 0.2) is 20.8 Å². The molecule has 0 aliphatic carbocycles. The summed E-state index contributed by atoms with van der Waals surface area (Å²) in [5, 5.41) is 16.0. The summed E-state index contributed by atoms with van der Waals surface area (Å²) in [5.74, 6) is -1.05. The summed E-state index contributed by atoms with van der Waals surface area (Å²) in [5.41, 5.74) is -1.16. The number of rotatable bonds is 3. The molecular formula is C12H10F3N5O4S. The van der Waals surface area contributed by atoms with E-state index in [0.29, 0.717) is 22.1 Å². The molecule has 0 radical (unpaired) electrons. The number of H-pyrrole nitrogens is 1. The molecule has 0 unspecified atom stereocenters. The molecule has 1 amide bonds. The molecule has 9 nitrogen and oxygen atoms in total. The van der Waals surface area contributed by atoms with Crippen LogP contribution >= 0.6 is 11.3 Å². The normalized spacial score (nSPS) is 12.3. The van der Waals surface area contributed by atoms with Gasteiger partial charge in [0.2, 0.25) is 0 Å². The van der Waals surface area contributed by atoms with E-state index in [2.05, 4.69) is 10.2 Å². The third-order valence-corrected chi connectivity index (χ3v) is 3.62. The van der Waals surface area contributed by atoms with Gasteiger partial charge in [0.05, 0.1) is 5.71 Å². The molecule has 25 heavy (non-hydrogen) atoms. The van der Waals surface area contributed by atoms with Crippen molar-refractivity contribution in [3.63, 3.8) is 0 Å². The van der Waals surface area contributed by atoms with Crippen LogP contribution in [-0.2, 0) is 13.2 Å². The fourth-order valence-corrected chi connectivity index (χ4v) is 2.49. The van der Waals surface area contributed by atoms with Gasteiger partial charge in [0.15, 0.2) is 10.8 Å². The molecule has 2 rings (SSSR count). The minimum absolute atomic E-state index is 0.157. The largest absolute Gasteiger partial charge is 0.499 e. The molecule has 0 aliphatic heterocycles. The number of alkyl halides is 3. The Balaban J connectivity index is 2.26. The smallest absolute Gasteiger partial charge is 0.433 e. The van der Waals surface area contributed by atoms with Crippen molar-refractivity contribution in [2.75, 3.05) is 0 Å². The van der Waals surface area contributed by atoms with Crippen LogP contribution in [0.1, 0.15) is 28.7 Å². The van der Waals surface area contributed by atoms with E-state index in [4.69, 9.17) is 0 Å². The Kier molecular flexibility index (Phi) is 4.78. The Hall–Kier alpha value is -2.96. The van der Waals surface area contributed by atoms with Crippen LogP contribution in [-0.4, -0.2) is 31.5 Å². The van der Waals surface area contributed by atoms with Gasteiger partial charge >= 0.3 is 11.0 Å². The molecular weight excluding hydrogens is 367 g/mol. The average Bonchev–Trinajstić information content (AvgIpc) is 2.85. The standard InChI is InChI=1S/C12H10F3N5O4S/c1-4(7-9(22)16-11(24)25-10(7)23)17-18-8(21)5-3-6(12(13,14)15)20(2)19-5/h3,23H,1-2H3,(H,18,21)(H,16,22,24)/b17-4-. The summed E-state index contributed by atoms with van der Waals surface area (Å²) in [7, 11) is 1.03. The topological polar surface area (TPSA) is 129 Å². The predicted octanol–water partition coefficient (Wildman–Crippen LogP) is 0.408. The number of halogens is 3. The zero-order chi connectivity index (χ0) is 18.9. The lowest BCUT2D eigenvalue weighted by atomic mass is 10.2. The number of carbonyl (C=O) groups is 1. The first-order valence-corrected chi connectivity index (χ1v) is 7.25. The Morgan fingerprint density at radius 3 is 2.60 bits per heavy atom. The number of aromatic hydroxyl groups is 1. The van der Waals surface area contributed by atoms with Gasteiger partial charge in [0.25, 0.3) is 11.5 Å². The summed E-state index contributed by atoms with van der Waals surface area (Å²) >= 11 is 0.350. The summed E-state index contributed by atoms with van der Waals surface area (Å²) < 4.78 is 38.5. The number of amides is 1. The fourth-order valence-electron chi connectivity index (χ4n) is 1.83. The quantitative estimate of drug-likeness (QED) is 0.527. The number of hydrogen-bond donors (Lipinski definition) is 3. The molecule has 2 heterocycles. The molecule has 0 aromatic carbocycles. The number of hydrazone groups is 1. The highest BCUT2D eigenvalue weighted by Gasteiger charge is 2.35. The summed E-state index contributed by atoms with van der Waals surface area (Å²) in [6.07, 6.45) is -4.68. The van der Waals surface area contributed by atoms with Crippen LogP contribution in [0, 0.1) is 0 Å². The van der Waals surface area contributed by atoms with Crippen molar-refractivity contribution in [1.82, 2.24) is 20.2 Å². The van der Waals surface area contributed by atoms with E-state index in [9.17, 15) is 32.7 Å². The Morgan fingerprint density at radius 2 is 2.08 bits per heavy atom. The second-order valence-electron chi connectivity index (χ2n) is 4.70. The van der Waals surface area contributed by atoms with Crippen molar-refractivity contribution < 1.29 is 23.1 Å². The number of nitrogens with one attached hydrogen (secondary N) is 2. The maximum absolute atomic E-state index is 12.7. The maximum atomic E-state index is 12.7. The highest BCUT2D eigenvalue weighted by Crippen LogP contribution is 2.29. The lowest BCUT2D eigenvalue weighted by Gasteiger charge is -2.04. The van der Waals surface area contributed by atoms with Gasteiger partial charge < -0.3 is 5.11 Å². The monoisotopic (exact) mass is 377 g/mol. The zero-order valence-corrected chi connectivity index (χ0v) is 13.4. The third kappa shape index (κ3) is 3.93. The molecule has 0 atom stereocenters. The molecule has 2 aromatic rings. The summed E-state index contributed by atoms with van der Waals surface area (Å²) in [6.45, 7) is 1.25. The van der Waals surface area contributed by atoms with E-state index in [1.165, 1.54) is 6.92 Å². The second-order valence-corrected chi connectivity index (χ2v) is 5.66. The molecule has 0 saturated heterocycles. The molecule has 0 fully saturated rings. The van der Waals surface area contributed by atoms with Crippen LogP contribution in [0.5, 0.6) is 5.06 Å². The van der Waals surface area contributed by atoms with Crippen molar-refractivity contribution in [3.8, 4) is 5.06 Å². The number of nitrogens with zero attached hydrogens (tertiary/aromatic N) is 3. The van der Waals surface area contributed by atoms with E-state index in [0.717, 1.165) is 7.05 Å². The summed E-state index contributed by atoms with van der Waals surface area (Å²) in [6, 6.07) is 0.540. The number of aromatic amines is 1. The minimum Gasteiger partial charge on any atom is -0.499 e. The molecule has 0 bridgehead atoms. The minimum atomic E-state index is -4.68. The lowest BCUT2D eigenvalue weighted by Crippen LogP contribution is -2.25. The van der Waals surface area contributed by atoms with Crippen molar-refractivity contribution >= 4 is 23.0 Å².